The van der Waals surface area contributed by atoms with E-state index in [1.165, 1.54) is 18.2 Å². The van der Waals surface area contributed by atoms with Gasteiger partial charge in [0.1, 0.15) is 5.82 Å². The summed E-state index contributed by atoms with van der Waals surface area (Å²) in [5.74, 6) is -0.701. The van der Waals surface area contributed by atoms with Crippen molar-refractivity contribution in [2.45, 2.75) is 13.0 Å². The van der Waals surface area contributed by atoms with Gasteiger partial charge in [-0.05, 0) is 23.3 Å². The third-order valence-corrected chi connectivity index (χ3v) is 2.17. The van der Waals surface area contributed by atoms with Gasteiger partial charge in [0.05, 0.1) is 12.5 Å². The van der Waals surface area contributed by atoms with E-state index in [0.717, 1.165) is 0 Å². The highest BCUT2D eigenvalue weighted by molar-refractivity contribution is 6.27. The second-order valence-electron chi connectivity index (χ2n) is 2.92. The fraction of sp³-hybridized carbons (Fsp3) is 0.300. The number of hydrogen-bond acceptors (Lipinski definition) is 2. The van der Waals surface area contributed by atoms with Crippen LogP contribution in [-0.2, 0) is 17.8 Å². The molecule has 14 heavy (non-hydrogen) atoms. The Morgan fingerprint density at radius 1 is 1.43 bits per heavy atom. The quantitative estimate of drug-likeness (QED) is 0.778. The summed E-state index contributed by atoms with van der Waals surface area (Å²) in [5, 5.41) is 8.93. The lowest BCUT2D eigenvalue weighted by molar-refractivity contribution is -0.116. The number of carbonyl (C=O) groups is 1. The van der Waals surface area contributed by atoms with Crippen LogP contribution < -0.4 is 0 Å². The van der Waals surface area contributed by atoms with Crippen molar-refractivity contribution in [1.82, 2.24) is 0 Å². The molecule has 0 bridgehead atoms. The van der Waals surface area contributed by atoms with Crippen LogP contribution in [-0.4, -0.2) is 16.8 Å². The number of alkyl halides is 1. The van der Waals surface area contributed by atoms with Gasteiger partial charge in [-0.1, -0.05) is 6.07 Å². The lowest BCUT2D eigenvalue weighted by Gasteiger charge is -2.05. The van der Waals surface area contributed by atoms with E-state index in [4.69, 9.17) is 16.7 Å². The van der Waals surface area contributed by atoms with Gasteiger partial charge in [0.2, 0.25) is 0 Å². The predicted molar refractivity (Wildman–Crippen MR) is 51.8 cm³/mol. The summed E-state index contributed by atoms with van der Waals surface area (Å²) in [6, 6.07) is 3.96. The molecule has 1 rings (SSSR count). The third kappa shape index (κ3) is 2.79. The summed E-state index contributed by atoms with van der Waals surface area (Å²) in [7, 11) is 0. The van der Waals surface area contributed by atoms with Crippen molar-refractivity contribution < 1.29 is 14.3 Å². The van der Waals surface area contributed by atoms with E-state index in [-0.39, 0.29) is 24.7 Å². The molecule has 2 nitrogen and oxygen atoms in total. The molecule has 0 unspecified atom stereocenters. The van der Waals surface area contributed by atoms with Crippen LogP contribution in [0.4, 0.5) is 4.39 Å². The van der Waals surface area contributed by atoms with Gasteiger partial charge in [-0.25, -0.2) is 4.39 Å². The maximum Gasteiger partial charge on any atom is 0.151 e. The van der Waals surface area contributed by atoms with Gasteiger partial charge in [0, 0.05) is 6.42 Å². The zero-order valence-corrected chi connectivity index (χ0v) is 8.22. The van der Waals surface area contributed by atoms with Crippen LogP contribution in [0.3, 0.4) is 0 Å². The molecular weight excluding hydrogens is 207 g/mol. The fourth-order valence-corrected chi connectivity index (χ4v) is 1.27. The Morgan fingerprint density at radius 2 is 2.14 bits per heavy atom. The maximum atomic E-state index is 12.8. The standard InChI is InChI=1S/C10H10ClFO2/c11-5-10(14)4-8-3-9(12)2-1-7(8)6-13/h1-3,13H,4-6H2. The first-order valence-electron chi connectivity index (χ1n) is 4.13. The number of ketones is 1. The predicted octanol–water partition coefficient (Wildman–Crippen LogP) is 1.67. The normalized spacial score (nSPS) is 10.2. The summed E-state index contributed by atoms with van der Waals surface area (Å²) in [6.45, 7) is -0.203. The number of carbonyl (C=O) groups excluding carboxylic acids is 1. The van der Waals surface area contributed by atoms with Crippen molar-refractivity contribution in [3.8, 4) is 0 Å². The maximum absolute atomic E-state index is 12.8. The minimum atomic E-state index is -0.417. The third-order valence-electron chi connectivity index (χ3n) is 1.88. The van der Waals surface area contributed by atoms with Crippen LogP contribution >= 0.6 is 11.6 Å². The second kappa shape index (κ2) is 5.08. The number of aliphatic hydroxyl groups excluding tert-OH is 1. The molecule has 0 saturated carbocycles. The van der Waals surface area contributed by atoms with E-state index >= 15 is 0 Å². The van der Waals surface area contributed by atoms with E-state index in [9.17, 15) is 9.18 Å². The summed E-state index contributed by atoms with van der Waals surface area (Å²) in [4.78, 5) is 11.0. The highest BCUT2D eigenvalue weighted by Gasteiger charge is 2.07. The second-order valence-corrected chi connectivity index (χ2v) is 3.19. The fourth-order valence-electron chi connectivity index (χ4n) is 1.17. The molecule has 0 spiro atoms. The van der Waals surface area contributed by atoms with Crippen molar-refractivity contribution in [2.24, 2.45) is 0 Å². The Balaban J connectivity index is 2.93. The number of Topliss-reactive ketones (excluding diaryl/α,β-unsaturated/α-hetero) is 1. The molecule has 0 aliphatic heterocycles. The van der Waals surface area contributed by atoms with Crippen LogP contribution in [0.15, 0.2) is 18.2 Å². The first-order chi connectivity index (χ1) is 6.67. The zero-order chi connectivity index (χ0) is 10.6. The Labute approximate surface area is 86.3 Å². The molecule has 0 aliphatic rings. The van der Waals surface area contributed by atoms with Gasteiger partial charge in [-0.2, -0.15) is 0 Å². The molecular formula is C10H10ClFO2. The van der Waals surface area contributed by atoms with E-state index < -0.39 is 5.82 Å². The van der Waals surface area contributed by atoms with Crippen LogP contribution in [0.5, 0.6) is 0 Å². The molecule has 0 radical (unpaired) electrons. The Bertz CT molecular complexity index is 339. The highest BCUT2D eigenvalue weighted by atomic mass is 35.5. The summed E-state index contributed by atoms with van der Waals surface area (Å²) in [6.07, 6.45) is 0.0666. The lowest BCUT2D eigenvalue weighted by atomic mass is 10.0. The van der Waals surface area contributed by atoms with Gasteiger partial charge in [-0.3, -0.25) is 4.79 Å². The number of aliphatic hydroxyl groups is 1. The molecule has 1 aromatic carbocycles. The monoisotopic (exact) mass is 216 g/mol. The average Bonchev–Trinajstić information content (AvgIpc) is 2.18. The van der Waals surface area contributed by atoms with Crippen molar-refractivity contribution in [3.63, 3.8) is 0 Å². The molecule has 0 heterocycles. The van der Waals surface area contributed by atoms with Crippen LogP contribution in [0.1, 0.15) is 11.1 Å². The lowest BCUT2D eigenvalue weighted by Crippen LogP contribution is -2.06. The van der Waals surface area contributed by atoms with Gasteiger partial charge in [0.25, 0.3) is 0 Å². The Kier molecular flexibility index (Phi) is 4.04. The number of benzene rings is 1. The van der Waals surface area contributed by atoms with Crippen molar-refractivity contribution >= 4 is 17.4 Å². The number of rotatable bonds is 4. The molecule has 0 saturated heterocycles. The van der Waals surface area contributed by atoms with Gasteiger partial charge in [0.15, 0.2) is 5.78 Å². The number of hydrogen-bond donors (Lipinski definition) is 1. The van der Waals surface area contributed by atoms with E-state index in [1.807, 2.05) is 0 Å². The molecule has 76 valence electrons. The molecule has 0 fully saturated rings. The van der Waals surface area contributed by atoms with Gasteiger partial charge in [-0.15, -0.1) is 11.6 Å². The van der Waals surface area contributed by atoms with E-state index in [2.05, 4.69) is 0 Å². The van der Waals surface area contributed by atoms with Crippen molar-refractivity contribution in [1.29, 1.82) is 0 Å². The first kappa shape index (κ1) is 11.1. The average molecular weight is 217 g/mol. The zero-order valence-electron chi connectivity index (χ0n) is 7.46. The molecule has 4 heteroatoms. The summed E-state index contributed by atoms with van der Waals surface area (Å²) in [5.41, 5.74) is 1.06. The summed E-state index contributed by atoms with van der Waals surface area (Å²) < 4.78 is 12.8. The number of halogens is 2. The molecule has 0 aromatic heterocycles. The molecule has 1 aromatic rings. The molecule has 0 atom stereocenters. The van der Waals surface area contributed by atoms with Gasteiger partial charge >= 0.3 is 0 Å². The van der Waals surface area contributed by atoms with E-state index in [0.29, 0.717) is 11.1 Å². The summed E-state index contributed by atoms with van der Waals surface area (Å²) >= 11 is 5.33. The highest BCUT2D eigenvalue weighted by Crippen LogP contribution is 2.12. The first-order valence-corrected chi connectivity index (χ1v) is 4.66. The van der Waals surface area contributed by atoms with Crippen LogP contribution in [0, 0.1) is 5.82 Å². The minimum absolute atomic E-state index is 0.0666. The molecule has 1 N–H and O–H groups in total. The van der Waals surface area contributed by atoms with Crippen LogP contribution in [0.2, 0.25) is 0 Å². The van der Waals surface area contributed by atoms with Crippen molar-refractivity contribution in [2.75, 3.05) is 5.88 Å². The molecule has 0 amide bonds. The van der Waals surface area contributed by atoms with Crippen molar-refractivity contribution in [3.05, 3.63) is 35.1 Å². The van der Waals surface area contributed by atoms with Crippen LogP contribution in [0.25, 0.3) is 0 Å². The minimum Gasteiger partial charge on any atom is -0.392 e. The largest absolute Gasteiger partial charge is 0.392 e. The Hall–Kier alpha value is -0.930. The SMILES string of the molecule is O=C(CCl)Cc1cc(F)ccc1CO. The smallest absolute Gasteiger partial charge is 0.151 e. The van der Waals surface area contributed by atoms with E-state index in [1.54, 1.807) is 0 Å². The topological polar surface area (TPSA) is 37.3 Å². The van der Waals surface area contributed by atoms with Gasteiger partial charge < -0.3 is 5.11 Å². The Morgan fingerprint density at radius 3 is 2.71 bits per heavy atom. The molecule has 0 aliphatic carbocycles.